The van der Waals surface area contributed by atoms with Gasteiger partial charge in [0.15, 0.2) is 6.10 Å². The molecule has 0 bridgehead atoms. The topological polar surface area (TPSA) is 145 Å². The lowest BCUT2D eigenvalue weighted by atomic mass is 9.95. The number of ether oxygens (including phenoxy) is 1. The number of rotatable bonds is 2. The molecule has 0 saturated carbocycles. The van der Waals surface area contributed by atoms with Crippen molar-refractivity contribution < 1.29 is 30.0 Å². The Balaban J connectivity index is 2.78. The maximum Gasteiger partial charge on any atom is 0.265 e. The van der Waals surface area contributed by atoms with Crippen LogP contribution in [0.3, 0.4) is 0 Å². The minimum Gasteiger partial charge on any atom is -0.394 e. The lowest BCUT2D eigenvalue weighted by molar-refractivity contribution is -0.226. The number of aliphatic hydroxyl groups is 4. The Morgan fingerprint density at radius 2 is 1.87 bits per heavy atom. The molecule has 1 saturated heterocycles. The van der Waals surface area contributed by atoms with Crippen molar-refractivity contribution in [1.29, 1.82) is 0 Å². The van der Waals surface area contributed by atoms with Gasteiger partial charge < -0.3 is 25.2 Å². The van der Waals surface area contributed by atoms with E-state index in [1.54, 1.807) is 5.43 Å². The number of hydrogen-bond acceptors (Lipinski definition) is 7. The number of carbonyl (C=O) groups excluding carboxylic acids is 1. The van der Waals surface area contributed by atoms with Crippen LogP contribution < -0.4 is 11.3 Å². The average Bonchev–Trinajstić information content (AvgIpc) is 2.25. The zero-order valence-corrected chi connectivity index (χ0v) is 7.78. The molecule has 0 aromatic heterocycles. The summed E-state index contributed by atoms with van der Waals surface area (Å²) in [5.74, 6) is 3.99. The van der Waals surface area contributed by atoms with Crippen LogP contribution in [0.5, 0.6) is 0 Å². The molecule has 0 aromatic rings. The second kappa shape index (κ2) is 4.84. The van der Waals surface area contributed by atoms with Gasteiger partial charge in [-0.1, -0.05) is 0 Å². The van der Waals surface area contributed by atoms with Crippen LogP contribution in [0.1, 0.15) is 0 Å². The Bertz CT molecular complexity index is 236. The van der Waals surface area contributed by atoms with Crippen LogP contribution in [0.25, 0.3) is 0 Å². The second-order valence-electron chi connectivity index (χ2n) is 3.26. The molecule has 5 atom stereocenters. The molecule has 0 spiro atoms. The van der Waals surface area contributed by atoms with E-state index in [0.29, 0.717) is 0 Å². The summed E-state index contributed by atoms with van der Waals surface area (Å²) in [6, 6.07) is 0. The monoisotopic (exact) mass is 222 g/mol. The van der Waals surface area contributed by atoms with E-state index in [1.807, 2.05) is 0 Å². The molecule has 1 fully saturated rings. The van der Waals surface area contributed by atoms with Crippen molar-refractivity contribution in [1.82, 2.24) is 5.43 Å². The molecule has 1 heterocycles. The summed E-state index contributed by atoms with van der Waals surface area (Å²) < 4.78 is 4.88. The Hall–Kier alpha value is -0.770. The van der Waals surface area contributed by atoms with Crippen molar-refractivity contribution in [3.8, 4) is 0 Å². The number of carbonyl (C=O) groups is 1. The van der Waals surface area contributed by atoms with Gasteiger partial charge >= 0.3 is 0 Å². The molecule has 0 aliphatic carbocycles. The van der Waals surface area contributed by atoms with Crippen molar-refractivity contribution in [2.45, 2.75) is 30.5 Å². The van der Waals surface area contributed by atoms with Crippen LogP contribution in [0, 0.1) is 0 Å². The predicted octanol–water partition coefficient (Wildman–Crippen LogP) is -4.18. The van der Waals surface area contributed by atoms with Gasteiger partial charge in [-0.25, -0.2) is 5.84 Å². The molecule has 88 valence electrons. The normalized spacial score (nSPS) is 41.3. The molecule has 8 heteroatoms. The second-order valence-corrected chi connectivity index (χ2v) is 3.26. The third kappa shape index (κ3) is 2.25. The first-order valence-corrected chi connectivity index (χ1v) is 4.34. The van der Waals surface area contributed by atoms with Crippen LogP contribution >= 0.6 is 0 Å². The van der Waals surface area contributed by atoms with E-state index in [9.17, 15) is 20.1 Å². The minimum atomic E-state index is -1.59. The van der Waals surface area contributed by atoms with Crippen molar-refractivity contribution >= 4 is 5.91 Å². The summed E-state index contributed by atoms with van der Waals surface area (Å²) in [5.41, 5.74) is 1.75. The SMILES string of the molecule is NNC(=O)[C@H]1O[C@@H](CO)[C@H](O)[C@@H](O)[C@@H]1O. The van der Waals surface area contributed by atoms with E-state index < -0.39 is 43.0 Å². The first-order chi connectivity index (χ1) is 7.02. The number of nitrogens with two attached hydrogens (primary N) is 1. The smallest absolute Gasteiger partial charge is 0.265 e. The number of aliphatic hydroxyl groups excluding tert-OH is 4. The lowest BCUT2D eigenvalue weighted by Gasteiger charge is -2.38. The van der Waals surface area contributed by atoms with Gasteiger partial charge in [0.05, 0.1) is 6.61 Å². The quantitative estimate of drug-likeness (QED) is 0.158. The maximum absolute atomic E-state index is 11.1. The number of amides is 1. The number of hydrazine groups is 1. The van der Waals surface area contributed by atoms with E-state index in [2.05, 4.69) is 0 Å². The maximum atomic E-state index is 11.1. The van der Waals surface area contributed by atoms with Crippen LogP contribution in [-0.2, 0) is 9.53 Å². The van der Waals surface area contributed by atoms with E-state index in [0.717, 1.165) is 0 Å². The standard InChI is InChI=1S/C7H14N2O6/c8-9-7(14)6-5(13)4(12)3(11)2(1-10)15-6/h2-6,10-13H,1,8H2,(H,9,14)/t2-,3-,4+,5-,6-/m0/s1. The van der Waals surface area contributed by atoms with E-state index >= 15 is 0 Å². The van der Waals surface area contributed by atoms with Gasteiger partial charge in [-0.15, -0.1) is 0 Å². The summed E-state index contributed by atoms with van der Waals surface area (Å²) in [5, 5.41) is 36.9. The highest BCUT2D eigenvalue weighted by Crippen LogP contribution is 2.20. The molecular weight excluding hydrogens is 208 g/mol. The summed E-state index contributed by atoms with van der Waals surface area (Å²) >= 11 is 0. The van der Waals surface area contributed by atoms with E-state index in [1.165, 1.54) is 0 Å². The van der Waals surface area contributed by atoms with Crippen LogP contribution in [-0.4, -0.2) is 63.5 Å². The third-order valence-corrected chi connectivity index (χ3v) is 2.29. The molecule has 1 aliphatic heterocycles. The average molecular weight is 222 g/mol. The zero-order valence-electron chi connectivity index (χ0n) is 7.78. The van der Waals surface area contributed by atoms with Crippen molar-refractivity contribution in [3.05, 3.63) is 0 Å². The first kappa shape index (κ1) is 12.3. The number of hydrogen-bond donors (Lipinski definition) is 6. The van der Waals surface area contributed by atoms with Gasteiger partial charge in [-0.2, -0.15) is 0 Å². The fraction of sp³-hybridized carbons (Fsp3) is 0.857. The Morgan fingerprint density at radius 1 is 1.27 bits per heavy atom. The summed E-state index contributed by atoms with van der Waals surface area (Å²) in [6.07, 6.45) is -7.16. The molecule has 0 radical (unpaired) electrons. The Morgan fingerprint density at radius 3 is 2.33 bits per heavy atom. The van der Waals surface area contributed by atoms with Gasteiger partial charge in [0.25, 0.3) is 5.91 Å². The number of nitrogens with one attached hydrogen (secondary N) is 1. The predicted molar refractivity (Wildman–Crippen MR) is 46.1 cm³/mol. The highest BCUT2D eigenvalue weighted by Gasteiger charge is 2.46. The van der Waals surface area contributed by atoms with E-state index in [4.69, 9.17) is 15.7 Å². The fourth-order valence-electron chi connectivity index (χ4n) is 1.40. The largest absolute Gasteiger partial charge is 0.394 e. The highest BCUT2D eigenvalue weighted by molar-refractivity contribution is 5.81. The fourth-order valence-corrected chi connectivity index (χ4v) is 1.40. The molecule has 15 heavy (non-hydrogen) atoms. The molecule has 1 rings (SSSR count). The van der Waals surface area contributed by atoms with Gasteiger partial charge in [-0.05, 0) is 0 Å². The molecular formula is C7H14N2O6. The van der Waals surface area contributed by atoms with Crippen LogP contribution in [0.2, 0.25) is 0 Å². The summed E-state index contributed by atoms with van der Waals surface area (Å²) in [4.78, 5) is 11.1. The molecule has 0 aromatic carbocycles. The molecule has 1 aliphatic rings. The Labute approximate surface area is 85.2 Å². The zero-order chi connectivity index (χ0) is 11.6. The first-order valence-electron chi connectivity index (χ1n) is 4.34. The van der Waals surface area contributed by atoms with Crippen molar-refractivity contribution in [3.63, 3.8) is 0 Å². The van der Waals surface area contributed by atoms with Crippen LogP contribution in [0.15, 0.2) is 0 Å². The highest BCUT2D eigenvalue weighted by atomic mass is 16.5. The van der Waals surface area contributed by atoms with Crippen molar-refractivity contribution in [2.75, 3.05) is 6.61 Å². The summed E-state index contributed by atoms with van der Waals surface area (Å²) in [6.45, 7) is -0.584. The van der Waals surface area contributed by atoms with Gasteiger partial charge in [-0.3, -0.25) is 10.2 Å². The molecule has 1 amide bonds. The van der Waals surface area contributed by atoms with Gasteiger partial charge in [0.2, 0.25) is 0 Å². The van der Waals surface area contributed by atoms with Gasteiger partial charge in [0, 0.05) is 0 Å². The Kier molecular flexibility index (Phi) is 3.97. The summed E-state index contributed by atoms with van der Waals surface area (Å²) in [7, 11) is 0. The minimum absolute atomic E-state index is 0.584. The van der Waals surface area contributed by atoms with Crippen LogP contribution in [0.4, 0.5) is 0 Å². The molecule has 7 N–H and O–H groups in total. The third-order valence-electron chi connectivity index (χ3n) is 2.29. The molecule has 0 unspecified atom stereocenters. The van der Waals surface area contributed by atoms with E-state index in [-0.39, 0.29) is 0 Å². The van der Waals surface area contributed by atoms with Crippen molar-refractivity contribution in [2.24, 2.45) is 5.84 Å². The van der Waals surface area contributed by atoms with Gasteiger partial charge in [0.1, 0.15) is 24.4 Å². The molecule has 8 nitrogen and oxygen atoms in total. The lowest BCUT2D eigenvalue weighted by Crippen LogP contribution is -2.62.